The van der Waals surface area contributed by atoms with Crippen LogP contribution in [0.5, 0.6) is 0 Å². The van der Waals surface area contributed by atoms with E-state index >= 15 is 0 Å². The quantitative estimate of drug-likeness (QED) is 0.688. The highest BCUT2D eigenvalue weighted by Crippen LogP contribution is 2.32. The fourth-order valence-corrected chi connectivity index (χ4v) is 3.53. The maximum atomic E-state index is 13.0. The third kappa shape index (κ3) is 3.45. The average molecular weight is 432 g/mol. The summed E-state index contributed by atoms with van der Waals surface area (Å²) >= 11 is 7.07. The van der Waals surface area contributed by atoms with Gasteiger partial charge < -0.3 is 5.11 Å². The predicted molar refractivity (Wildman–Crippen MR) is 95.4 cm³/mol. The molecule has 0 fully saturated rings. The minimum Gasteiger partial charge on any atom is -0.476 e. The zero-order chi connectivity index (χ0) is 20.8. The van der Waals surface area contributed by atoms with Crippen molar-refractivity contribution in [2.75, 3.05) is 0 Å². The van der Waals surface area contributed by atoms with Gasteiger partial charge in [0.2, 0.25) is 0 Å². The molecular formula is C16H9ClF3N3O4S. The lowest BCUT2D eigenvalue weighted by Gasteiger charge is -2.14. The SMILES string of the molecule is Cn1c(C(F)(F)F)cc(=O)n(-c2ccc(Cl)c(-c3nc(C(=O)O)cs3)c2)c1=O. The summed E-state index contributed by atoms with van der Waals surface area (Å²) in [6.07, 6.45) is -4.87. The Bertz CT molecular complexity index is 1210. The summed E-state index contributed by atoms with van der Waals surface area (Å²) in [5, 5.41) is 10.6. The Morgan fingerprint density at radius 1 is 1.25 bits per heavy atom. The first-order chi connectivity index (χ1) is 13.0. The highest BCUT2D eigenvalue weighted by Gasteiger charge is 2.35. The number of carbonyl (C=O) groups is 1. The molecule has 2 aromatic heterocycles. The molecule has 1 aromatic carbocycles. The minimum atomic E-state index is -4.87. The second kappa shape index (κ2) is 6.91. The van der Waals surface area contributed by atoms with E-state index in [1.165, 1.54) is 23.6 Å². The number of carboxylic acids is 1. The van der Waals surface area contributed by atoms with Crippen molar-refractivity contribution in [3.8, 4) is 16.3 Å². The number of hydrogen-bond acceptors (Lipinski definition) is 5. The molecule has 1 N–H and O–H groups in total. The zero-order valence-electron chi connectivity index (χ0n) is 13.8. The second-order valence-electron chi connectivity index (χ2n) is 5.55. The molecule has 3 rings (SSSR count). The normalized spacial score (nSPS) is 11.6. The number of halogens is 4. The molecule has 0 radical (unpaired) electrons. The summed E-state index contributed by atoms with van der Waals surface area (Å²) in [5.41, 5.74) is -3.77. The van der Waals surface area contributed by atoms with Crippen molar-refractivity contribution in [2.45, 2.75) is 6.18 Å². The van der Waals surface area contributed by atoms with Crippen molar-refractivity contribution in [1.82, 2.24) is 14.1 Å². The number of alkyl halides is 3. The summed E-state index contributed by atoms with van der Waals surface area (Å²) in [5.74, 6) is -1.25. The van der Waals surface area contributed by atoms with Crippen LogP contribution in [0.15, 0.2) is 39.2 Å². The van der Waals surface area contributed by atoms with Crippen molar-refractivity contribution < 1.29 is 23.1 Å². The largest absolute Gasteiger partial charge is 0.476 e. The fraction of sp³-hybridized carbons (Fsp3) is 0.125. The minimum absolute atomic E-state index is 0.0363. The number of rotatable bonds is 3. The van der Waals surface area contributed by atoms with Crippen molar-refractivity contribution in [3.63, 3.8) is 0 Å². The second-order valence-corrected chi connectivity index (χ2v) is 6.82. The number of carboxylic acid groups (broad SMARTS) is 1. The van der Waals surface area contributed by atoms with E-state index in [2.05, 4.69) is 4.98 Å². The highest BCUT2D eigenvalue weighted by molar-refractivity contribution is 7.13. The molecule has 3 aromatic rings. The molecule has 0 aliphatic carbocycles. The van der Waals surface area contributed by atoms with Gasteiger partial charge >= 0.3 is 17.8 Å². The molecule has 2 heterocycles. The molecule has 0 saturated carbocycles. The Morgan fingerprint density at radius 3 is 2.50 bits per heavy atom. The molecule has 0 aliphatic heterocycles. The van der Waals surface area contributed by atoms with E-state index in [0.29, 0.717) is 15.2 Å². The third-order valence-electron chi connectivity index (χ3n) is 3.77. The highest BCUT2D eigenvalue weighted by atomic mass is 35.5. The van der Waals surface area contributed by atoms with Crippen molar-refractivity contribution in [2.24, 2.45) is 7.05 Å². The van der Waals surface area contributed by atoms with Gasteiger partial charge in [0.15, 0.2) is 5.69 Å². The van der Waals surface area contributed by atoms with E-state index in [1.807, 2.05) is 0 Å². The zero-order valence-corrected chi connectivity index (χ0v) is 15.4. The van der Waals surface area contributed by atoms with Crippen molar-refractivity contribution >= 4 is 28.9 Å². The van der Waals surface area contributed by atoms with Crippen molar-refractivity contribution in [1.29, 1.82) is 0 Å². The van der Waals surface area contributed by atoms with E-state index in [1.54, 1.807) is 0 Å². The number of hydrogen-bond donors (Lipinski definition) is 1. The summed E-state index contributed by atoms with van der Waals surface area (Å²) in [4.78, 5) is 39.5. The molecule has 0 atom stereocenters. The maximum absolute atomic E-state index is 13.0. The van der Waals surface area contributed by atoms with E-state index < -0.39 is 29.1 Å². The standard InChI is InChI=1S/C16H9ClF3N3O4S/c1-22-11(16(18,19)20)5-12(24)23(15(22)27)7-2-3-9(17)8(4-7)13-21-10(6-28-13)14(25)26/h2-6H,1H3,(H,25,26). The first-order valence-corrected chi connectivity index (χ1v) is 8.66. The summed E-state index contributed by atoms with van der Waals surface area (Å²) < 4.78 is 39.8. The Morgan fingerprint density at radius 2 is 1.93 bits per heavy atom. The van der Waals surface area contributed by atoms with Gasteiger partial charge in [-0.05, 0) is 18.2 Å². The van der Waals surface area contributed by atoms with Gasteiger partial charge in [0.25, 0.3) is 5.56 Å². The number of aromatic carboxylic acids is 1. The van der Waals surface area contributed by atoms with Crippen LogP contribution in [-0.4, -0.2) is 25.2 Å². The number of aromatic nitrogens is 3. The average Bonchev–Trinajstić information content (AvgIpc) is 3.08. The molecule has 0 bridgehead atoms. The fourth-order valence-electron chi connectivity index (χ4n) is 2.45. The molecule has 0 unspecified atom stereocenters. The maximum Gasteiger partial charge on any atom is 0.431 e. The summed E-state index contributed by atoms with van der Waals surface area (Å²) in [7, 11) is 0.901. The van der Waals surface area contributed by atoms with E-state index in [0.717, 1.165) is 18.4 Å². The lowest BCUT2D eigenvalue weighted by Crippen LogP contribution is -2.40. The van der Waals surface area contributed by atoms with Crippen LogP contribution < -0.4 is 11.2 Å². The number of benzene rings is 1. The van der Waals surface area contributed by atoms with Crippen LogP contribution in [0.3, 0.4) is 0 Å². The van der Waals surface area contributed by atoms with Crippen LogP contribution in [-0.2, 0) is 13.2 Å². The van der Waals surface area contributed by atoms with E-state index in [4.69, 9.17) is 16.7 Å². The number of nitrogens with zero attached hydrogens (tertiary/aromatic N) is 3. The molecule has 146 valence electrons. The molecule has 7 nitrogen and oxygen atoms in total. The molecule has 12 heteroatoms. The van der Waals surface area contributed by atoms with Gasteiger partial charge in [-0.2, -0.15) is 13.2 Å². The monoisotopic (exact) mass is 431 g/mol. The Kier molecular flexibility index (Phi) is 4.90. The van der Waals surface area contributed by atoms with Crippen LogP contribution in [0.2, 0.25) is 5.02 Å². The molecule has 28 heavy (non-hydrogen) atoms. The lowest BCUT2D eigenvalue weighted by molar-refractivity contribution is -0.144. The van der Waals surface area contributed by atoms with E-state index in [9.17, 15) is 27.6 Å². The van der Waals surface area contributed by atoms with Gasteiger partial charge in [0.1, 0.15) is 10.7 Å². The van der Waals surface area contributed by atoms with Gasteiger partial charge in [-0.3, -0.25) is 9.36 Å². The first kappa shape index (κ1) is 19.8. The molecule has 0 aliphatic rings. The van der Waals surface area contributed by atoms with Crippen LogP contribution in [0.25, 0.3) is 16.3 Å². The smallest absolute Gasteiger partial charge is 0.431 e. The number of thiazole rings is 1. The summed E-state index contributed by atoms with van der Waals surface area (Å²) in [6, 6.07) is 4.22. The predicted octanol–water partition coefficient (Wildman–Crippen LogP) is 3.03. The van der Waals surface area contributed by atoms with Crippen molar-refractivity contribution in [3.05, 3.63) is 66.9 Å². The molecule has 0 spiro atoms. The topological polar surface area (TPSA) is 94.2 Å². The van der Waals surface area contributed by atoms with Gasteiger partial charge in [0.05, 0.1) is 10.7 Å². The van der Waals surface area contributed by atoms with Gasteiger partial charge in [-0.1, -0.05) is 11.6 Å². The van der Waals surface area contributed by atoms with Crippen LogP contribution in [0.4, 0.5) is 13.2 Å². The van der Waals surface area contributed by atoms with Gasteiger partial charge in [0, 0.05) is 24.1 Å². The Hall–Kier alpha value is -2.92. The third-order valence-corrected chi connectivity index (χ3v) is 4.98. The molecule has 0 amide bonds. The Balaban J connectivity index is 2.21. The van der Waals surface area contributed by atoms with Gasteiger partial charge in [-0.15, -0.1) is 11.3 Å². The summed E-state index contributed by atoms with van der Waals surface area (Å²) in [6.45, 7) is 0. The van der Waals surface area contributed by atoms with E-state index in [-0.39, 0.29) is 27.0 Å². The van der Waals surface area contributed by atoms with Gasteiger partial charge in [-0.25, -0.2) is 19.1 Å². The van der Waals surface area contributed by atoms with Crippen LogP contribution >= 0.6 is 22.9 Å². The Labute approximate surface area is 162 Å². The lowest BCUT2D eigenvalue weighted by atomic mass is 10.2. The molecular weight excluding hydrogens is 423 g/mol. The first-order valence-electron chi connectivity index (χ1n) is 7.40. The van der Waals surface area contributed by atoms with Crippen LogP contribution in [0.1, 0.15) is 16.2 Å². The molecule has 0 saturated heterocycles. The van der Waals surface area contributed by atoms with Crippen LogP contribution in [0, 0.1) is 0 Å².